The predicted octanol–water partition coefficient (Wildman–Crippen LogP) is 5.33. The summed E-state index contributed by atoms with van der Waals surface area (Å²) in [5, 5.41) is 28.8. The largest absolute Gasteiger partial charge is 0.508 e. The number of nitrogens with zero attached hydrogens (tertiary/aromatic N) is 2. The lowest BCUT2D eigenvalue weighted by Crippen LogP contribution is -2.32. The van der Waals surface area contributed by atoms with Gasteiger partial charge in [0.2, 0.25) is 0 Å². The van der Waals surface area contributed by atoms with E-state index in [4.69, 9.17) is 0 Å². The lowest BCUT2D eigenvalue weighted by Gasteiger charge is -2.25. The molecule has 0 radical (unpaired) electrons. The van der Waals surface area contributed by atoms with Crippen molar-refractivity contribution < 1.29 is 15.3 Å². The van der Waals surface area contributed by atoms with Crippen LogP contribution in [-0.4, -0.2) is 63.9 Å². The summed E-state index contributed by atoms with van der Waals surface area (Å²) in [6.45, 7) is 7.99. The molecular weight excluding hydrogens is 412 g/mol. The molecule has 1 aliphatic heterocycles. The standard InChI is InChI=1S/C28H42N2O3/c1-2-3-16-29(20-15-23-9-12-26(31)13-10-23)17-5-4-6-18-30-19-7-8-25(30)21-24-11-14-27(32)28(33)22-24/h9-14,22,25,31-33H,2-8,15-21H2,1H3/t25-/m1/s1. The molecule has 5 nitrogen and oxygen atoms in total. The first kappa shape index (κ1) is 25.4. The van der Waals surface area contributed by atoms with Gasteiger partial charge in [0.25, 0.3) is 0 Å². The van der Waals surface area contributed by atoms with Gasteiger partial charge < -0.3 is 25.1 Å². The number of phenolic OH excluding ortho intramolecular Hbond substituents is 3. The van der Waals surface area contributed by atoms with E-state index in [2.05, 4.69) is 16.7 Å². The van der Waals surface area contributed by atoms with E-state index in [1.165, 1.54) is 63.6 Å². The van der Waals surface area contributed by atoms with Gasteiger partial charge in [-0.2, -0.15) is 0 Å². The Bertz CT molecular complexity index is 824. The molecule has 0 amide bonds. The Morgan fingerprint density at radius 2 is 1.61 bits per heavy atom. The second-order valence-corrected chi connectivity index (χ2v) is 9.53. The Morgan fingerprint density at radius 3 is 2.36 bits per heavy atom. The predicted molar refractivity (Wildman–Crippen MR) is 135 cm³/mol. The molecule has 1 fully saturated rings. The zero-order valence-electron chi connectivity index (χ0n) is 20.3. The SMILES string of the molecule is CCCCN(CCCCCN1CCC[C@@H]1Cc1ccc(O)c(O)c1)CCc1ccc(O)cc1. The average molecular weight is 455 g/mol. The maximum atomic E-state index is 9.78. The topological polar surface area (TPSA) is 67.2 Å². The summed E-state index contributed by atoms with van der Waals surface area (Å²) < 4.78 is 0. The molecule has 182 valence electrons. The van der Waals surface area contributed by atoms with Crippen molar-refractivity contribution in [3.63, 3.8) is 0 Å². The van der Waals surface area contributed by atoms with Gasteiger partial charge in [0.15, 0.2) is 11.5 Å². The number of rotatable bonds is 14. The first-order chi connectivity index (χ1) is 16.0. The van der Waals surface area contributed by atoms with Gasteiger partial charge in [0.1, 0.15) is 5.75 Å². The van der Waals surface area contributed by atoms with Crippen LogP contribution in [0.3, 0.4) is 0 Å². The fraction of sp³-hybridized carbons (Fsp3) is 0.571. The van der Waals surface area contributed by atoms with E-state index in [1.807, 2.05) is 18.2 Å². The van der Waals surface area contributed by atoms with Crippen LogP contribution in [0.2, 0.25) is 0 Å². The van der Waals surface area contributed by atoms with Gasteiger partial charge in [-0.15, -0.1) is 0 Å². The fourth-order valence-electron chi connectivity index (χ4n) is 4.88. The Balaban J connectivity index is 1.36. The Kier molecular flexibility index (Phi) is 10.4. The highest BCUT2D eigenvalue weighted by atomic mass is 16.3. The van der Waals surface area contributed by atoms with Gasteiger partial charge in [-0.1, -0.05) is 38.0 Å². The van der Waals surface area contributed by atoms with Gasteiger partial charge >= 0.3 is 0 Å². The normalized spacial score (nSPS) is 16.6. The van der Waals surface area contributed by atoms with Crippen molar-refractivity contribution in [2.24, 2.45) is 0 Å². The first-order valence-electron chi connectivity index (χ1n) is 12.8. The maximum Gasteiger partial charge on any atom is 0.157 e. The minimum Gasteiger partial charge on any atom is -0.508 e. The summed E-state index contributed by atoms with van der Waals surface area (Å²) in [6, 6.07) is 13.4. The smallest absolute Gasteiger partial charge is 0.157 e. The first-order valence-corrected chi connectivity index (χ1v) is 12.8. The van der Waals surface area contributed by atoms with Crippen LogP contribution in [0.25, 0.3) is 0 Å². The maximum absolute atomic E-state index is 9.78. The minimum atomic E-state index is -0.0434. The van der Waals surface area contributed by atoms with E-state index >= 15 is 0 Å². The average Bonchev–Trinajstić information content (AvgIpc) is 3.25. The van der Waals surface area contributed by atoms with Crippen LogP contribution in [0.15, 0.2) is 42.5 Å². The van der Waals surface area contributed by atoms with Crippen molar-refractivity contribution in [1.82, 2.24) is 9.80 Å². The number of aromatic hydroxyl groups is 3. The molecule has 0 aliphatic carbocycles. The van der Waals surface area contributed by atoms with Crippen LogP contribution >= 0.6 is 0 Å². The van der Waals surface area contributed by atoms with Gasteiger partial charge in [-0.05, 0) is 107 Å². The van der Waals surface area contributed by atoms with E-state index in [0.29, 0.717) is 11.8 Å². The second-order valence-electron chi connectivity index (χ2n) is 9.53. The molecule has 1 atom stereocenters. The molecule has 0 bridgehead atoms. The molecule has 2 aromatic rings. The second kappa shape index (κ2) is 13.5. The van der Waals surface area contributed by atoms with Crippen LogP contribution in [-0.2, 0) is 12.8 Å². The molecule has 0 spiro atoms. The highest BCUT2D eigenvalue weighted by Gasteiger charge is 2.24. The van der Waals surface area contributed by atoms with E-state index in [-0.39, 0.29) is 11.5 Å². The van der Waals surface area contributed by atoms with Crippen molar-refractivity contribution in [2.75, 3.05) is 32.7 Å². The van der Waals surface area contributed by atoms with Crippen molar-refractivity contribution in [3.05, 3.63) is 53.6 Å². The van der Waals surface area contributed by atoms with Crippen LogP contribution in [0, 0.1) is 0 Å². The number of phenols is 3. The van der Waals surface area contributed by atoms with Crippen LogP contribution in [0.1, 0.15) is 63.0 Å². The number of hydrogen-bond acceptors (Lipinski definition) is 5. The Labute approximate surface area is 199 Å². The zero-order valence-corrected chi connectivity index (χ0v) is 20.3. The number of unbranched alkanes of at least 4 members (excludes halogenated alkanes) is 3. The van der Waals surface area contributed by atoms with E-state index in [1.54, 1.807) is 24.3 Å². The van der Waals surface area contributed by atoms with Crippen molar-refractivity contribution in [2.45, 2.75) is 70.8 Å². The summed E-state index contributed by atoms with van der Waals surface area (Å²) in [5.41, 5.74) is 2.39. The summed E-state index contributed by atoms with van der Waals surface area (Å²) in [7, 11) is 0. The van der Waals surface area contributed by atoms with Crippen LogP contribution in [0.4, 0.5) is 0 Å². The quantitative estimate of drug-likeness (QED) is 0.266. The zero-order chi connectivity index (χ0) is 23.5. The Hall–Kier alpha value is -2.24. The van der Waals surface area contributed by atoms with Gasteiger partial charge in [-0.3, -0.25) is 0 Å². The summed E-state index contributed by atoms with van der Waals surface area (Å²) in [6.07, 6.45) is 10.6. The van der Waals surface area contributed by atoms with E-state index in [0.717, 1.165) is 38.0 Å². The molecule has 33 heavy (non-hydrogen) atoms. The molecule has 1 heterocycles. The van der Waals surface area contributed by atoms with Gasteiger partial charge in [0.05, 0.1) is 0 Å². The molecule has 5 heteroatoms. The molecule has 3 N–H and O–H groups in total. The third-order valence-corrected chi connectivity index (χ3v) is 6.91. The minimum absolute atomic E-state index is 0.0184. The third-order valence-electron chi connectivity index (χ3n) is 6.91. The summed E-state index contributed by atoms with van der Waals surface area (Å²) in [5.74, 6) is 0.274. The molecule has 0 unspecified atom stereocenters. The van der Waals surface area contributed by atoms with Crippen molar-refractivity contribution in [1.29, 1.82) is 0 Å². The van der Waals surface area contributed by atoms with Crippen LogP contribution in [0.5, 0.6) is 17.2 Å². The summed E-state index contributed by atoms with van der Waals surface area (Å²) >= 11 is 0. The highest BCUT2D eigenvalue weighted by Crippen LogP contribution is 2.28. The van der Waals surface area contributed by atoms with Crippen LogP contribution < -0.4 is 0 Å². The molecule has 1 saturated heterocycles. The molecule has 2 aromatic carbocycles. The molecule has 0 aromatic heterocycles. The number of hydrogen-bond donors (Lipinski definition) is 3. The van der Waals surface area contributed by atoms with Gasteiger partial charge in [-0.25, -0.2) is 0 Å². The van der Waals surface area contributed by atoms with E-state index in [9.17, 15) is 15.3 Å². The van der Waals surface area contributed by atoms with Crippen molar-refractivity contribution >= 4 is 0 Å². The summed E-state index contributed by atoms with van der Waals surface area (Å²) in [4.78, 5) is 5.22. The van der Waals surface area contributed by atoms with Gasteiger partial charge in [0, 0.05) is 12.6 Å². The number of likely N-dealkylation sites (tertiary alicyclic amines) is 1. The lowest BCUT2D eigenvalue weighted by atomic mass is 10.0. The number of benzene rings is 2. The molecule has 3 rings (SSSR count). The van der Waals surface area contributed by atoms with E-state index < -0.39 is 0 Å². The van der Waals surface area contributed by atoms with Crippen molar-refractivity contribution in [3.8, 4) is 17.2 Å². The lowest BCUT2D eigenvalue weighted by molar-refractivity contribution is 0.237. The molecule has 1 aliphatic rings. The third kappa shape index (κ3) is 8.56. The molecule has 0 saturated carbocycles. The highest BCUT2D eigenvalue weighted by molar-refractivity contribution is 5.40. The Morgan fingerprint density at radius 1 is 0.848 bits per heavy atom. The monoisotopic (exact) mass is 454 g/mol. The fourth-order valence-corrected chi connectivity index (χ4v) is 4.88. The molecular formula is C28H42N2O3.